The lowest BCUT2D eigenvalue weighted by molar-refractivity contribution is 0.201. The summed E-state index contributed by atoms with van der Waals surface area (Å²) in [5.41, 5.74) is 2.27. The Morgan fingerprint density at radius 1 is 1.33 bits per heavy atom. The summed E-state index contributed by atoms with van der Waals surface area (Å²) in [6.07, 6.45) is 1.82. The first kappa shape index (κ1) is 10.4. The molecule has 0 atom stereocenters. The molecule has 0 spiro atoms. The van der Waals surface area contributed by atoms with Crippen LogP contribution in [0.25, 0.3) is 0 Å². The Morgan fingerprint density at radius 3 is 2.93 bits per heavy atom. The second-order valence-corrected chi connectivity index (χ2v) is 3.89. The van der Waals surface area contributed by atoms with Crippen LogP contribution in [0.4, 0.5) is 0 Å². The van der Waals surface area contributed by atoms with Crippen LogP contribution in [0.1, 0.15) is 11.3 Å². The molecule has 4 nitrogen and oxygen atoms in total. The predicted octanol–water partition coefficient (Wildman–Crippen LogP) is -0.232. The number of hydrogen-bond donors (Lipinski definition) is 2. The maximum Gasteiger partial charge on any atom is 0.248 e. The van der Waals surface area contributed by atoms with Crippen LogP contribution in [0.3, 0.4) is 0 Å². The predicted molar refractivity (Wildman–Crippen MR) is 58.0 cm³/mol. The normalized spacial score (nSPS) is 17.1. The highest BCUT2D eigenvalue weighted by molar-refractivity contribution is 5.21. The van der Waals surface area contributed by atoms with Gasteiger partial charge in [-0.2, -0.15) is 0 Å². The van der Waals surface area contributed by atoms with Crippen molar-refractivity contribution in [3.05, 3.63) is 33.7 Å². The maximum atomic E-state index is 11.2. The number of nitrogens with one attached hydrogen (secondary N) is 1. The minimum atomic E-state index is -0.0237. The molecule has 0 saturated carbocycles. The average Bonchev–Trinajstić information content (AvgIpc) is 2.42. The van der Waals surface area contributed by atoms with E-state index in [1.165, 1.54) is 5.56 Å². The van der Waals surface area contributed by atoms with Crippen molar-refractivity contribution in [2.45, 2.75) is 12.8 Å². The Balaban J connectivity index is 2.14. The van der Waals surface area contributed by atoms with Gasteiger partial charge in [0.2, 0.25) is 5.56 Å². The number of aliphatic hydroxyl groups excluding tert-OH is 1. The fourth-order valence-corrected chi connectivity index (χ4v) is 2.03. The summed E-state index contributed by atoms with van der Waals surface area (Å²) in [6, 6.07) is 3.50. The zero-order valence-electron chi connectivity index (χ0n) is 8.70. The average molecular weight is 208 g/mol. The summed E-state index contributed by atoms with van der Waals surface area (Å²) in [4.78, 5) is 16.3. The number of β-amino-alcohol motifs (C(OH)–C–C–N with tert-alkyl or cyclic N) is 1. The van der Waals surface area contributed by atoms with Gasteiger partial charge in [0.15, 0.2) is 0 Å². The van der Waals surface area contributed by atoms with E-state index in [0.29, 0.717) is 0 Å². The molecule has 82 valence electrons. The Hall–Kier alpha value is -1.13. The third kappa shape index (κ3) is 2.46. The number of H-pyrrole nitrogens is 1. The second-order valence-electron chi connectivity index (χ2n) is 3.89. The van der Waals surface area contributed by atoms with E-state index in [4.69, 9.17) is 5.11 Å². The van der Waals surface area contributed by atoms with Gasteiger partial charge in [-0.1, -0.05) is 6.07 Å². The summed E-state index contributed by atoms with van der Waals surface area (Å²) < 4.78 is 0. The minimum Gasteiger partial charge on any atom is -0.395 e. The lowest BCUT2D eigenvalue weighted by Crippen LogP contribution is -2.29. The minimum absolute atomic E-state index is 0.0237. The number of aliphatic hydroxyl groups is 1. The van der Waals surface area contributed by atoms with Crippen LogP contribution < -0.4 is 5.56 Å². The number of hydrogen-bond acceptors (Lipinski definition) is 3. The topological polar surface area (TPSA) is 56.3 Å². The number of rotatable bonds is 2. The monoisotopic (exact) mass is 208 g/mol. The fraction of sp³-hybridized carbons (Fsp3) is 0.545. The molecule has 0 radical (unpaired) electrons. The van der Waals surface area contributed by atoms with Gasteiger partial charge in [0, 0.05) is 37.8 Å². The maximum absolute atomic E-state index is 11.2. The van der Waals surface area contributed by atoms with Crippen molar-refractivity contribution < 1.29 is 5.11 Å². The number of aromatic amines is 1. The zero-order chi connectivity index (χ0) is 10.7. The smallest absolute Gasteiger partial charge is 0.248 e. The van der Waals surface area contributed by atoms with Crippen LogP contribution in [-0.2, 0) is 12.8 Å². The molecular formula is C11H16N2O2. The lowest BCUT2D eigenvalue weighted by Gasteiger charge is -2.17. The standard InChI is InChI=1S/C11H16N2O2/c14-8-7-13-5-3-9-1-2-11(15)12-10(9)4-6-13/h1-2,14H,3-8H2,(H,12,15). The van der Waals surface area contributed by atoms with Gasteiger partial charge >= 0.3 is 0 Å². The molecular weight excluding hydrogens is 192 g/mol. The summed E-state index contributed by atoms with van der Waals surface area (Å²) in [5, 5.41) is 8.87. The van der Waals surface area contributed by atoms with Gasteiger partial charge in [-0.15, -0.1) is 0 Å². The van der Waals surface area contributed by atoms with Crippen LogP contribution in [0.5, 0.6) is 0 Å². The molecule has 0 saturated heterocycles. The van der Waals surface area contributed by atoms with Crippen molar-refractivity contribution in [3.8, 4) is 0 Å². The Labute approximate surface area is 88.6 Å². The summed E-state index contributed by atoms with van der Waals surface area (Å²) in [7, 11) is 0. The third-order valence-electron chi connectivity index (χ3n) is 2.89. The van der Waals surface area contributed by atoms with Gasteiger partial charge in [-0.25, -0.2) is 0 Å². The Bertz CT molecular complexity index is 386. The van der Waals surface area contributed by atoms with Crippen LogP contribution in [0, 0.1) is 0 Å². The van der Waals surface area contributed by atoms with E-state index in [-0.39, 0.29) is 12.2 Å². The van der Waals surface area contributed by atoms with E-state index in [2.05, 4.69) is 9.88 Å². The van der Waals surface area contributed by atoms with Crippen molar-refractivity contribution in [2.24, 2.45) is 0 Å². The van der Waals surface area contributed by atoms with E-state index >= 15 is 0 Å². The van der Waals surface area contributed by atoms with E-state index in [0.717, 1.165) is 38.2 Å². The zero-order valence-corrected chi connectivity index (χ0v) is 8.70. The number of pyridine rings is 1. The molecule has 0 bridgehead atoms. The van der Waals surface area contributed by atoms with Crippen LogP contribution in [-0.4, -0.2) is 41.2 Å². The summed E-state index contributed by atoms with van der Waals surface area (Å²) in [5.74, 6) is 0. The third-order valence-corrected chi connectivity index (χ3v) is 2.89. The first-order chi connectivity index (χ1) is 7.29. The number of nitrogens with zero attached hydrogens (tertiary/aromatic N) is 1. The van der Waals surface area contributed by atoms with Crippen LogP contribution in [0.2, 0.25) is 0 Å². The molecule has 0 fully saturated rings. The molecule has 0 unspecified atom stereocenters. The summed E-state index contributed by atoms with van der Waals surface area (Å²) >= 11 is 0. The van der Waals surface area contributed by atoms with Gasteiger partial charge in [-0.3, -0.25) is 4.79 Å². The molecule has 2 N–H and O–H groups in total. The SMILES string of the molecule is O=c1ccc2c([nH]1)CCN(CCO)CC2. The van der Waals surface area contributed by atoms with Crippen molar-refractivity contribution in [1.82, 2.24) is 9.88 Å². The number of fused-ring (bicyclic) bond motifs is 1. The molecule has 0 amide bonds. The molecule has 1 aliphatic rings. The molecule has 0 aliphatic carbocycles. The van der Waals surface area contributed by atoms with E-state index in [1.54, 1.807) is 6.07 Å². The van der Waals surface area contributed by atoms with E-state index in [9.17, 15) is 4.79 Å². The quantitative estimate of drug-likeness (QED) is 0.705. The molecule has 15 heavy (non-hydrogen) atoms. The van der Waals surface area contributed by atoms with Crippen LogP contribution in [0.15, 0.2) is 16.9 Å². The van der Waals surface area contributed by atoms with Gasteiger partial charge in [-0.05, 0) is 12.0 Å². The van der Waals surface area contributed by atoms with E-state index < -0.39 is 0 Å². The second kappa shape index (κ2) is 4.59. The van der Waals surface area contributed by atoms with Gasteiger partial charge in [0.05, 0.1) is 6.61 Å². The van der Waals surface area contributed by atoms with Crippen molar-refractivity contribution in [1.29, 1.82) is 0 Å². The molecule has 2 rings (SSSR count). The Kier molecular flexibility index (Phi) is 3.18. The van der Waals surface area contributed by atoms with Gasteiger partial charge in [0.1, 0.15) is 0 Å². The lowest BCUT2D eigenvalue weighted by atomic mass is 10.1. The first-order valence-electron chi connectivity index (χ1n) is 5.34. The molecule has 1 aromatic rings. The first-order valence-corrected chi connectivity index (χ1v) is 5.34. The molecule has 0 aromatic carbocycles. The van der Waals surface area contributed by atoms with Crippen LogP contribution >= 0.6 is 0 Å². The molecule has 1 aromatic heterocycles. The summed E-state index contributed by atoms with van der Waals surface area (Å²) in [6.45, 7) is 2.79. The van der Waals surface area contributed by atoms with Gasteiger partial charge < -0.3 is 15.0 Å². The highest BCUT2D eigenvalue weighted by atomic mass is 16.3. The fourth-order valence-electron chi connectivity index (χ4n) is 2.03. The molecule has 1 aliphatic heterocycles. The molecule has 2 heterocycles. The van der Waals surface area contributed by atoms with Crippen molar-refractivity contribution >= 4 is 0 Å². The van der Waals surface area contributed by atoms with Crippen molar-refractivity contribution in [3.63, 3.8) is 0 Å². The largest absolute Gasteiger partial charge is 0.395 e. The molecule has 4 heteroatoms. The van der Waals surface area contributed by atoms with Gasteiger partial charge in [0.25, 0.3) is 0 Å². The highest BCUT2D eigenvalue weighted by Gasteiger charge is 2.13. The Morgan fingerprint density at radius 2 is 2.13 bits per heavy atom. The number of aromatic nitrogens is 1. The van der Waals surface area contributed by atoms with E-state index in [1.807, 2.05) is 6.07 Å². The highest BCUT2D eigenvalue weighted by Crippen LogP contribution is 2.11. The van der Waals surface area contributed by atoms with Crippen molar-refractivity contribution in [2.75, 3.05) is 26.2 Å².